The molecule has 1 atom stereocenters. The lowest BCUT2D eigenvalue weighted by Crippen LogP contribution is -2.18. The SMILES string of the molecule is CNC(c1cc(F)cc(F)c1)c1ccccc1OC. The van der Waals surface area contributed by atoms with Crippen LogP contribution in [0.3, 0.4) is 0 Å². The van der Waals surface area contributed by atoms with Gasteiger partial charge in [-0.25, -0.2) is 8.78 Å². The minimum Gasteiger partial charge on any atom is -0.496 e. The molecule has 0 amide bonds. The first-order valence-corrected chi connectivity index (χ1v) is 5.92. The summed E-state index contributed by atoms with van der Waals surface area (Å²) in [6.45, 7) is 0. The van der Waals surface area contributed by atoms with E-state index in [0.29, 0.717) is 11.3 Å². The molecule has 0 heterocycles. The van der Waals surface area contributed by atoms with Crippen molar-refractivity contribution in [1.29, 1.82) is 0 Å². The molecule has 2 aromatic rings. The van der Waals surface area contributed by atoms with Gasteiger partial charge in [-0.1, -0.05) is 18.2 Å². The standard InChI is InChI=1S/C15H15F2NO/c1-18-15(10-7-11(16)9-12(17)8-10)13-5-3-4-6-14(13)19-2/h3-9,15,18H,1-2H3. The third-order valence-electron chi connectivity index (χ3n) is 2.96. The maximum absolute atomic E-state index is 13.3. The normalized spacial score (nSPS) is 12.2. The number of halogens is 2. The fourth-order valence-corrected chi connectivity index (χ4v) is 2.15. The van der Waals surface area contributed by atoms with Crippen molar-refractivity contribution in [2.24, 2.45) is 0 Å². The third kappa shape index (κ3) is 2.90. The Morgan fingerprint density at radius 1 is 1.05 bits per heavy atom. The Kier molecular flexibility index (Phi) is 4.12. The van der Waals surface area contributed by atoms with Crippen LogP contribution in [0.25, 0.3) is 0 Å². The van der Waals surface area contributed by atoms with E-state index in [1.807, 2.05) is 24.3 Å². The van der Waals surface area contributed by atoms with Gasteiger partial charge in [-0.3, -0.25) is 0 Å². The molecule has 0 spiro atoms. The first-order valence-electron chi connectivity index (χ1n) is 5.92. The summed E-state index contributed by atoms with van der Waals surface area (Å²) >= 11 is 0. The van der Waals surface area contributed by atoms with Gasteiger partial charge in [0, 0.05) is 11.6 Å². The van der Waals surface area contributed by atoms with Crippen LogP contribution in [0.4, 0.5) is 8.78 Å². The van der Waals surface area contributed by atoms with Crippen molar-refractivity contribution in [2.45, 2.75) is 6.04 Å². The van der Waals surface area contributed by atoms with Crippen LogP contribution in [0.2, 0.25) is 0 Å². The van der Waals surface area contributed by atoms with E-state index in [4.69, 9.17) is 4.74 Å². The molecule has 0 aliphatic rings. The first kappa shape index (κ1) is 13.5. The predicted octanol–water partition coefficient (Wildman–Crippen LogP) is 3.28. The maximum atomic E-state index is 13.3. The zero-order valence-electron chi connectivity index (χ0n) is 10.8. The van der Waals surface area contributed by atoms with E-state index in [2.05, 4.69) is 5.32 Å². The van der Waals surface area contributed by atoms with Gasteiger partial charge in [-0.05, 0) is 30.8 Å². The number of rotatable bonds is 4. The molecule has 0 saturated heterocycles. The Morgan fingerprint density at radius 2 is 1.68 bits per heavy atom. The number of hydrogen-bond acceptors (Lipinski definition) is 2. The minimum absolute atomic E-state index is 0.332. The molecule has 1 unspecified atom stereocenters. The second-order valence-electron chi connectivity index (χ2n) is 4.17. The largest absolute Gasteiger partial charge is 0.496 e. The summed E-state index contributed by atoms with van der Waals surface area (Å²) in [5.41, 5.74) is 1.35. The highest BCUT2D eigenvalue weighted by Gasteiger charge is 2.17. The van der Waals surface area contributed by atoms with Crippen LogP contribution in [0, 0.1) is 11.6 Å². The van der Waals surface area contributed by atoms with Crippen LogP contribution in [0.15, 0.2) is 42.5 Å². The van der Waals surface area contributed by atoms with Gasteiger partial charge in [-0.2, -0.15) is 0 Å². The van der Waals surface area contributed by atoms with Crippen LogP contribution in [-0.2, 0) is 0 Å². The number of nitrogens with one attached hydrogen (secondary N) is 1. The minimum atomic E-state index is -0.592. The molecule has 0 bridgehead atoms. The van der Waals surface area contributed by atoms with Crippen molar-refractivity contribution in [2.75, 3.05) is 14.2 Å². The van der Waals surface area contributed by atoms with Crippen molar-refractivity contribution in [1.82, 2.24) is 5.32 Å². The van der Waals surface area contributed by atoms with Gasteiger partial charge in [0.25, 0.3) is 0 Å². The molecule has 0 aliphatic carbocycles. The van der Waals surface area contributed by atoms with E-state index in [9.17, 15) is 8.78 Å². The van der Waals surface area contributed by atoms with E-state index in [1.165, 1.54) is 12.1 Å². The van der Waals surface area contributed by atoms with Crippen molar-refractivity contribution in [3.05, 3.63) is 65.2 Å². The third-order valence-corrected chi connectivity index (χ3v) is 2.96. The number of para-hydroxylation sites is 1. The quantitative estimate of drug-likeness (QED) is 0.914. The lowest BCUT2D eigenvalue weighted by atomic mass is 9.98. The topological polar surface area (TPSA) is 21.3 Å². The van der Waals surface area contributed by atoms with Crippen molar-refractivity contribution < 1.29 is 13.5 Å². The molecule has 0 saturated carbocycles. The lowest BCUT2D eigenvalue weighted by Gasteiger charge is -2.20. The average Bonchev–Trinajstić information content (AvgIpc) is 2.39. The summed E-state index contributed by atoms with van der Waals surface area (Å²) < 4.78 is 31.9. The van der Waals surface area contributed by atoms with Crippen LogP contribution in [-0.4, -0.2) is 14.2 Å². The van der Waals surface area contributed by atoms with E-state index in [0.717, 1.165) is 11.6 Å². The Labute approximate surface area is 111 Å². The summed E-state index contributed by atoms with van der Waals surface area (Å²) in [5, 5.41) is 3.05. The summed E-state index contributed by atoms with van der Waals surface area (Å²) in [6, 6.07) is 10.5. The van der Waals surface area contributed by atoms with Gasteiger partial charge in [0.2, 0.25) is 0 Å². The average molecular weight is 263 g/mol. The molecule has 0 fully saturated rings. The molecular weight excluding hydrogens is 248 g/mol. The number of hydrogen-bond donors (Lipinski definition) is 1. The molecule has 19 heavy (non-hydrogen) atoms. The van der Waals surface area contributed by atoms with E-state index >= 15 is 0 Å². The molecule has 2 rings (SSSR count). The van der Waals surface area contributed by atoms with E-state index in [1.54, 1.807) is 14.2 Å². The van der Waals surface area contributed by atoms with Crippen LogP contribution in [0.1, 0.15) is 17.2 Å². The second kappa shape index (κ2) is 5.80. The molecule has 4 heteroatoms. The molecule has 2 aromatic carbocycles. The van der Waals surface area contributed by atoms with Gasteiger partial charge >= 0.3 is 0 Å². The molecular formula is C15H15F2NO. The summed E-state index contributed by atoms with van der Waals surface area (Å²) in [7, 11) is 3.30. The zero-order chi connectivity index (χ0) is 13.8. The fraction of sp³-hybridized carbons (Fsp3) is 0.200. The Balaban J connectivity index is 2.49. The van der Waals surface area contributed by atoms with Gasteiger partial charge in [0.15, 0.2) is 0 Å². The highest BCUT2D eigenvalue weighted by atomic mass is 19.1. The monoisotopic (exact) mass is 263 g/mol. The smallest absolute Gasteiger partial charge is 0.126 e. The molecule has 0 aromatic heterocycles. The van der Waals surface area contributed by atoms with E-state index < -0.39 is 11.6 Å². The van der Waals surface area contributed by atoms with Crippen molar-refractivity contribution >= 4 is 0 Å². The Hall–Kier alpha value is -1.94. The molecule has 0 aliphatic heterocycles. The summed E-state index contributed by atoms with van der Waals surface area (Å²) in [5.74, 6) is -0.512. The van der Waals surface area contributed by atoms with Crippen molar-refractivity contribution in [3.63, 3.8) is 0 Å². The Morgan fingerprint density at radius 3 is 2.26 bits per heavy atom. The number of methoxy groups -OCH3 is 1. The second-order valence-corrected chi connectivity index (χ2v) is 4.17. The van der Waals surface area contributed by atoms with Gasteiger partial charge < -0.3 is 10.1 Å². The number of ether oxygens (including phenoxy) is 1. The maximum Gasteiger partial charge on any atom is 0.126 e. The molecule has 1 N–H and O–H groups in total. The molecule has 0 radical (unpaired) electrons. The lowest BCUT2D eigenvalue weighted by molar-refractivity contribution is 0.405. The highest BCUT2D eigenvalue weighted by Crippen LogP contribution is 2.30. The molecule has 100 valence electrons. The van der Waals surface area contributed by atoms with Crippen LogP contribution >= 0.6 is 0 Å². The highest BCUT2D eigenvalue weighted by molar-refractivity contribution is 5.41. The zero-order valence-corrected chi connectivity index (χ0v) is 10.8. The first-order chi connectivity index (χ1) is 9.15. The molecule has 2 nitrogen and oxygen atoms in total. The van der Waals surface area contributed by atoms with Gasteiger partial charge in [0.05, 0.1) is 13.2 Å². The van der Waals surface area contributed by atoms with Gasteiger partial charge in [0.1, 0.15) is 17.4 Å². The summed E-state index contributed by atoms with van der Waals surface area (Å²) in [6.07, 6.45) is 0. The van der Waals surface area contributed by atoms with Crippen LogP contribution in [0.5, 0.6) is 5.75 Å². The van der Waals surface area contributed by atoms with E-state index in [-0.39, 0.29) is 6.04 Å². The van der Waals surface area contributed by atoms with Gasteiger partial charge in [-0.15, -0.1) is 0 Å². The van der Waals surface area contributed by atoms with Crippen molar-refractivity contribution in [3.8, 4) is 5.75 Å². The number of benzene rings is 2. The van der Waals surface area contributed by atoms with Crippen LogP contribution < -0.4 is 10.1 Å². The predicted molar refractivity (Wildman–Crippen MR) is 70.3 cm³/mol. The Bertz CT molecular complexity index is 552. The summed E-state index contributed by atoms with van der Waals surface area (Å²) in [4.78, 5) is 0. The fourth-order valence-electron chi connectivity index (χ4n) is 2.15.